The number of nitrogens with one attached hydrogen (secondary N) is 1. The van der Waals surface area contributed by atoms with Crippen molar-refractivity contribution in [3.8, 4) is 11.3 Å². The Morgan fingerprint density at radius 3 is 2.48 bits per heavy atom. The lowest BCUT2D eigenvalue weighted by Gasteiger charge is -2.25. The monoisotopic (exact) mass is 669 g/mol. The molecule has 3 unspecified atom stereocenters. The van der Waals surface area contributed by atoms with E-state index in [1.807, 2.05) is 13.8 Å². The molecule has 7 rings (SSSR count). The Morgan fingerprint density at radius 2 is 1.84 bits per heavy atom. The van der Waals surface area contributed by atoms with E-state index in [1.165, 1.54) is 29.4 Å². The van der Waals surface area contributed by atoms with Gasteiger partial charge in [0.15, 0.2) is 0 Å². The molecule has 0 aromatic carbocycles. The van der Waals surface area contributed by atoms with Crippen molar-refractivity contribution >= 4 is 64.1 Å². The second-order valence-electron chi connectivity index (χ2n) is 12.7. The second kappa shape index (κ2) is 10.9. The fourth-order valence-corrected chi connectivity index (χ4v) is 8.39. The molecule has 0 bridgehead atoms. The number of amides is 3. The van der Waals surface area contributed by atoms with Gasteiger partial charge in [0.05, 0.1) is 39.9 Å². The summed E-state index contributed by atoms with van der Waals surface area (Å²) in [4.78, 5) is 51.9. The summed E-state index contributed by atoms with van der Waals surface area (Å²) in [6.45, 7) is 7.32. The summed E-state index contributed by atoms with van der Waals surface area (Å²) < 4.78 is 42.4. The number of halogens is 5. The third kappa shape index (κ3) is 4.98. The van der Waals surface area contributed by atoms with Crippen LogP contribution in [0.15, 0.2) is 24.4 Å². The fraction of sp³-hybridized carbons (Fsp3) is 0.500. The van der Waals surface area contributed by atoms with Crippen molar-refractivity contribution in [3.05, 3.63) is 46.1 Å². The van der Waals surface area contributed by atoms with E-state index in [-0.39, 0.29) is 88.7 Å². The van der Waals surface area contributed by atoms with E-state index in [0.717, 1.165) is 31.9 Å². The van der Waals surface area contributed by atoms with Crippen molar-refractivity contribution in [1.82, 2.24) is 25.1 Å². The quantitative estimate of drug-likeness (QED) is 0.362. The van der Waals surface area contributed by atoms with Gasteiger partial charge in [-0.05, 0) is 61.9 Å². The van der Waals surface area contributed by atoms with Crippen molar-refractivity contribution in [2.45, 2.75) is 58.3 Å². The SMILES string of the molecule is Cc1cc(C(F)(F)F)nc(-c2ccnc3cc(CN4C(=O)C5C(C4=O)C5(C)C)sc23)c1C(=O)N1CCC2(CCCN2)C1.Cl.Cl. The van der Waals surface area contributed by atoms with Gasteiger partial charge in [0.1, 0.15) is 5.69 Å². The van der Waals surface area contributed by atoms with Crippen LogP contribution >= 0.6 is 36.2 Å². The van der Waals surface area contributed by atoms with E-state index in [9.17, 15) is 27.6 Å². The molecule has 3 aromatic rings. The highest BCUT2D eigenvalue weighted by molar-refractivity contribution is 7.19. The fourth-order valence-electron chi connectivity index (χ4n) is 7.27. The minimum atomic E-state index is -4.70. The highest BCUT2D eigenvalue weighted by atomic mass is 35.5. The maximum Gasteiger partial charge on any atom is 0.433 e. The van der Waals surface area contributed by atoms with Crippen LogP contribution in [0.2, 0.25) is 0 Å². The first-order valence-corrected chi connectivity index (χ1v) is 15.0. The minimum Gasteiger partial charge on any atom is -0.337 e. The standard InChI is InChI=1S/C30H30F3N5O3S.2ClH/c1-15-11-19(30(31,32)33)36-23(20(15)25(39)37-10-7-29(14-37)6-4-8-35-29)17-5-9-34-18-12-16(42-24(17)18)13-38-26(40)21-22(27(38)41)28(21,2)3;;/h5,9,11-12,21-22,35H,4,6-8,10,13-14H2,1-3H3;2*1H. The van der Waals surface area contributed by atoms with Crippen molar-refractivity contribution in [1.29, 1.82) is 0 Å². The van der Waals surface area contributed by atoms with Crippen molar-refractivity contribution in [2.24, 2.45) is 17.3 Å². The largest absolute Gasteiger partial charge is 0.433 e. The van der Waals surface area contributed by atoms with E-state index in [1.54, 1.807) is 17.0 Å². The van der Waals surface area contributed by atoms with E-state index < -0.39 is 11.9 Å². The number of nitrogens with zero attached hydrogens (tertiary/aromatic N) is 4. The lowest BCUT2D eigenvalue weighted by Crippen LogP contribution is -2.43. The number of fused-ring (bicyclic) bond motifs is 2. The van der Waals surface area contributed by atoms with Crippen LogP contribution in [0.1, 0.15) is 59.6 Å². The van der Waals surface area contributed by atoms with E-state index in [4.69, 9.17) is 0 Å². The number of carbonyl (C=O) groups excluding carboxylic acids is 3. The maximum absolute atomic E-state index is 14.0. The Hall–Kier alpha value is -2.80. The molecule has 3 aliphatic heterocycles. The number of piperidine rings is 1. The van der Waals surface area contributed by atoms with Crippen LogP contribution < -0.4 is 5.32 Å². The zero-order chi connectivity index (χ0) is 29.8. The Balaban J connectivity index is 0.00000192. The molecule has 1 saturated carbocycles. The van der Waals surface area contributed by atoms with Gasteiger partial charge in [-0.15, -0.1) is 36.2 Å². The van der Waals surface area contributed by atoms with Crippen molar-refractivity contribution in [3.63, 3.8) is 0 Å². The van der Waals surface area contributed by atoms with E-state index in [0.29, 0.717) is 33.7 Å². The van der Waals surface area contributed by atoms with Gasteiger partial charge < -0.3 is 10.2 Å². The van der Waals surface area contributed by atoms with Gasteiger partial charge in [-0.1, -0.05) is 13.8 Å². The number of hydrogen-bond acceptors (Lipinski definition) is 7. The van der Waals surface area contributed by atoms with Crippen LogP contribution in [0.3, 0.4) is 0 Å². The van der Waals surface area contributed by atoms with Gasteiger partial charge in [-0.3, -0.25) is 24.3 Å². The summed E-state index contributed by atoms with van der Waals surface area (Å²) in [5.74, 6) is -1.33. The highest BCUT2D eigenvalue weighted by Crippen LogP contribution is 2.63. The van der Waals surface area contributed by atoms with Gasteiger partial charge in [0.2, 0.25) is 11.8 Å². The molecule has 6 heterocycles. The van der Waals surface area contributed by atoms with Crippen LogP contribution in [0.25, 0.3) is 21.5 Å². The van der Waals surface area contributed by atoms with E-state index in [2.05, 4.69) is 15.3 Å². The molecule has 0 radical (unpaired) electrons. The topological polar surface area (TPSA) is 95.5 Å². The molecule has 3 atom stereocenters. The Bertz CT molecular complexity index is 1660. The Kier molecular flexibility index (Phi) is 8.09. The first kappa shape index (κ1) is 32.6. The van der Waals surface area contributed by atoms with Crippen LogP contribution in [0.5, 0.6) is 0 Å². The highest BCUT2D eigenvalue weighted by Gasteiger charge is 2.72. The molecule has 1 aliphatic carbocycles. The Labute approximate surface area is 268 Å². The molecular formula is C30H32Cl2F3N5O3S. The van der Waals surface area contributed by atoms with Crippen molar-refractivity contribution < 1.29 is 27.6 Å². The van der Waals surface area contributed by atoms with Crippen molar-refractivity contribution in [2.75, 3.05) is 19.6 Å². The molecule has 8 nitrogen and oxygen atoms in total. The second-order valence-corrected chi connectivity index (χ2v) is 13.8. The predicted octanol–water partition coefficient (Wildman–Crippen LogP) is 5.64. The Morgan fingerprint density at radius 1 is 1.14 bits per heavy atom. The summed E-state index contributed by atoms with van der Waals surface area (Å²) in [5, 5.41) is 3.51. The number of likely N-dealkylation sites (tertiary alicyclic amines) is 2. The average molecular weight is 671 g/mol. The third-order valence-electron chi connectivity index (χ3n) is 9.62. The number of hydrogen-bond donors (Lipinski definition) is 1. The number of carbonyl (C=O) groups is 3. The van der Waals surface area contributed by atoms with Crippen LogP contribution in [-0.4, -0.2) is 62.7 Å². The number of alkyl halides is 3. The molecule has 1 N–H and O–H groups in total. The summed E-state index contributed by atoms with van der Waals surface area (Å²) in [5.41, 5.74) is -0.355. The van der Waals surface area contributed by atoms with Crippen LogP contribution in [0.4, 0.5) is 13.2 Å². The minimum absolute atomic E-state index is 0. The van der Waals surface area contributed by atoms with Gasteiger partial charge in [-0.25, -0.2) is 4.98 Å². The molecular weight excluding hydrogens is 638 g/mol. The first-order valence-electron chi connectivity index (χ1n) is 14.2. The van der Waals surface area contributed by atoms with Gasteiger partial charge in [0.25, 0.3) is 5.91 Å². The first-order chi connectivity index (χ1) is 19.8. The lowest BCUT2D eigenvalue weighted by molar-refractivity contribution is -0.144. The van der Waals surface area contributed by atoms with Gasteiger partial charge in [-0.2, -0.15) is 13.2 Å². The number of pyridine rings is 2. The smallest absolute Gasteiger partial charge is 0.337 e. The van der Waals surface area contributed by atoms with Gasteiger partial charge in [0, 0.05) is 35.3 Å². The molecule has 14 heteroatoms. The zero-order valence-electron chi connectivity index (χ0n) is 24.3. The van der Waals surface area contributed by atoms with E-state index >= 15 is 0 Å². The number of aryl methyl sites for hydroxylation is 1. The summed E-state index contributed by atoms with van der Waals surface area (Å²) in [6.07, 6.45) is -0.446. The van der Waals surface area contributed by atoms with Gasteiger partial charge >= 0.3 is 6.18 Å². The predicted molar refractivity (Wildman–Crippen MR) is 164 cm³/mol. The zero-order valence-corrected chi connectivity index (χ0v) is 26.7. The molecule has 4 fully saturated rings. The normalized spacial score (nSPS) is 25.4. The van der Waals surface area contributed by atoms with Crippen LogP contribution in [-0.2, 0) is 22.3 Å². The molecule has 3 aromatic heterocycles. The maximum atomic E-state index is 14.0. The molecule has 3 amide bonds. The molecule has 4 aliphatic rings. The molecule has 236 valence electrons. The molecule has 44 heavy (non-hydrogen) atoms. The summed E-state index contributed by atoms with van der Waals surface area (Å²) in [7, 11) is 0. The average Bonchev–Trinajstić information content (AvgIpc) is 3.50. The number of thiophene rings is 1. The molecule has 3 saturated heterocycles. The summed E-state index contributed by atoms with van der Waals surface area (Å²) in [6, 6.07) is 4.26. The lowest BCUT2D eigenvalue weighted by atomic mass is 9.97. The number of rotatable bonds is 4. The number of imide groups is 1. The third-order valence-corrected chi connectivity index (χ3v) is 10.8. The number of aromatic nitrogens is 2. The molecule has 1 spiro atoms. The van der Waals surface area contributed by atoms with Crippen LogP contribution in [0, 0.1) is 24.2 Å². The summed E-state index contributed by atoms with van der Waals surface area (Å²) >= 11 is 1.25.